The van der Waals surface area contributed by atoms with Crippen molar-refractivity contribution < 1.29 is 0 Å². The van der Waals surface area contributed by atoms with E-state index in [9.17, 15) is 15.8 Å². The smallest absolute Gasteiger partial charge is 0.0992 e. The van der Waals surface area contributed by atoms with Gasteiger partial charge in [-0.25, -0.2) is 0 Å². The van der Waals surface area contributed by atoms with Gasteiger partial charge in [0.2, 0.25) is 0 Å². The number of para-hydroxylation sites is 3. The number of rotatable bonds is 4. The maximum Gasteiger partial charge on any atom is 0.0992 e. The van der Waals surface area contributed by atoms with Crippen molar-refractivity contribution in [2.75, 3.05) is 0 Å². The molecule has 0 spiro atoms. The molecule has 0 N–H and O–H groups in total. The molecule has 2 heterocycles. The molecule has 7 aromatic carbocycles. The van der Waals surface area contributed by atoms with Gasteiger partial charge in [-0.3, -0.25) is 0 Å². The standard InChI is InChI=1S/C45H25N5/c46-26-29-18-20-43-37(22-29)33-12-4-7-15-40(33)49(43)41-16-8-6-14-35(41)39-25-31(28-48)24-36(32-10-2-1-3-11-32)45(39)50-42-17-9-5-13-34(42)38-23-30(27-47)19-21-44(38)50/h1-25H. The minimum atomic E-state index is 0.547. The number of fused-ring (bicyclic) bond motifs is 6. The van der Waals surface area contributed by atoms with Gasteiger partial charge in [0.25, 0.3) is 0 Å². The Morgan fingerprint density at radius 3 is 1.50 bits per heavy atom. The second kappa shape index (κ2) is 11.4. The zero-order chi connectivity index (χ0) is 33.8. The average Bonchev–Trinajstić information content (AvgIpc) is 3.69. The van der Waals surface area contributed by atoms with Gasteiger partial charge in [-0.15, -0.1) is 0 Å². The zero-order valence-electron chi connectivity index (χ0n) is 26.7. The Kier molecular flexibility index (Phi) is 6.56. The van der Waals surface area contributed by atoms with E-state index in [2.05, 4.69) is 75.9 Å². The molecule has 230 valence electrons. The van der Waals surface area contributed by atoms with E-state index < -0.39 is 0 Å². The van der Waals surface area contributed by atoms with E-state index in [4.69, 9.17) is 0 Å². The van der Waals surface area contributed by atoms with Gasteiger partial charge in [-0.1, -0.05) is 84.9 Å². The van der Waals surface area contributed by atoms with E-state index >= 15 is 0 Å². The molecule has 0 atom stereocenters. The molecule has 9 aromatic rings. The van der Waals surface area contributed by atoms with Gasteiger partial charge < -0.3 is 9.13 Å². The maximum atomic E-state index is 10.5. The van der Waals surface area contributed by atoms with Gasteiger partial charge >= 0.3 is 0 Å². The average molecular weight is 636 g/mol. The summed E-state index contributed by atoms with van der Waals surface area (Å²) < 4.78 is 4.55. The van der Waals surface area contributed by atoms with Gasteiger partial charge in [0.15, 0.2) is 0 Å². The molecule has 0 bridgehead atoms. The van der Waals surface area contributed by atoms with Crippen LogP contribution in [0.3, 0.4) is 0 Å². The van der Waals surface area contributed by atoms with Crippen molar-refractivity contribution in [3.05, 3.63) is 168 Å². The van der Waals surface area contributed by atoms with Crippen LogP contribution in [0.5, 0.6) is 0 Å². The molecule has 0 unspecified atom stereocenters. The molecule has 0 aliphatic carbocycles. The van der Waals surface area contributed by atoms with Crippen molar-refractivity contribution in [1.29, 1.82) is 15.8 Å². The molecule has 50 heavy (non-hydrogen) atoms. The molecule has 5 heteroatoms. The van der Waals surface area contributed by atoms with Crippen molar-refractivity contribution >= 4 is 43.6 Å². The Labute approximate surface area is 287 Å². The SMILES string of the molecule is N#Cc1cc(-c2ccccc2)c(-n2c3ccccc3c3cc(C#N)ccc32)c(-c2ccccc2-n2c3ccccc3c3cc(C#N)ccc32)c1. The second-order valence-electron chi connectivity index (χ2n) is 12.3. The summed E-state index contributed by atoms with van der Waals surface area (Å²) in [5.74, 6) is 0. The third kappa shape index (κ3) is 4.31. The van der Waals surface area contributed by atoms with Crippen molar-refractivity contribution in [2.24, 2.45) is 0 Å². The quantitative estimate of drug-likeness (QED) is 0.193. The first-order chi connectivity index (χ1) is 24.7. The lowest BCUT2D eigenvalue weighted by Crippen LogP contribution is -2.04. The topological polar surface area (TPSA) is 81.2 Å². The van der Waals surface area contributed by atoms with Crippen molar-refractivity contribution in [1.82, 2.24) is 9.13 Å². The van der Waals surface area contributed by atoms with Crippen LogP contribution in [0.2, 0.25) is 0 Å². The fraction of sp³-hybridized carbons (Fsp3) is 0. The van der Waals surface area contributed by atoms with Crippen molar-refractivity contribution in [3.8, 4) is 51.8 Å². The number of hydrogen-bond donors (Lipinski definition) is 0. The highest BCUT2D eigenvalue weighted by Crippen LogP contribution is 2.45. The molecule has 5 nitrogen and oxygen atoms in total. The normalized spacial score (nSPS) is 11.1. The summed E-state index contributed by atoms with van der Waals surface area (Å²) in [7, 11) is 0. The molecule has 0 fully saturated rings. The van der Waals surface area contributed by atoms with E-state index in [0.717, 1.165) is 77.2 Å². The minimum absolute atomic E-state index is 0.547. The molecule has 0 saturated heterocycles. The number of benzene rings is 7. The highest BCUT2D eigenvalue weighted by molar-refractivity contribution is 6.12. The highest BCUT2D eigenvalue weighted by atomic mass is 15.0. The molecular formula is C45H25N5. The lowest BCUT2D eigenvalue weighted by atomic mass is 9.92. The van der Waals surface area contributed by atoms with Crippen molar-refractivity contribution in [2.45, 2.75) is 0 Å². The minimum Gasteiger partial charge on any atom is -0.309 e. The molecule has 0 aliphatic rings. The predicted molar refractivity (Wildman–Crippen MR) is 200 cm³/mol. The number of aromatic nitrogens is 2. The lowest BCUT2D eigenvalue weighted by molar-refractivity contribution is 1.16. The molecule has 2 aromatic heterocycles. The molecule has 0 amide bonds. The fourth-order valence-corrected chi connectivity index (χ4v) is 7.46. The summed E-state index contributed by atoms with van der Waals surface area (Å²) in [6.07, 6.45) is 0. The lowest BCUT2D eigenvalue weighted by Gasteiger charge is -2.22. The summed E-state index contributed by atoms with van der Waals surface area (Å²) in [5.41, 5.74) is 11.4. The van der Waals surface area contributed by atoms with Gasteiger partial charge in [0, 0.05) is 38.2 Å². The number of nitrogens with zero attached hydrogens (tertiary/aromatic N) is 5. The van der Waals surface area contributed by atoms with E-state index in [0.29, 0.717) is 16.7 Å². The monoisotopic (exact) mass is 635 g/mol. The van der Waals surface area contributed by atoms with E-state index in [1.54, 1.807) is 0 Å². The van der Waals surface area contributed by atoms with Crippen LogP contribution in [0.25, 0.3) is 77.2 Å². The van der Waals surface area contributed by atoms with Crippen LogP contribution in [-0.4, -0.2) is 9.13 Å². The Morgan fingerprint density at radius 2 is 0.860 bits per heavy atom. The van der Waals surface area contributed by atoms with Gasteiger partial charge in [-0.05, 0) is 72.3 Å². The third-order valence-electron chi connectivity index (χ3n) is 9.59. The molecular weight excluding hydrogens is 611 g/mol. The summed E-state index contributed by atoms with van der Waals surface area (Å²) in [6, 6.07) is 57.8. The predicted octanol–water partition coefficient (Wildman–Crippen LogP) is 10.8. The third-order valence-corrected chi connectivity index (χ3v) is 9.59. The van der Waals surface area contributed by atoms with E-state index in [-0.39, 0.29) is 0 Å². The highest BCUT2D eigenvalue weighted by Gasteiger charge is 2.24. The number of hydrogen-bond acceptors (Lipinski definition) is 3. The molecule has 0 radical (unpaired) electrons. The van der Waals surface area contributed by atoms with Crippen LogP contribution in [0, 0.1) is 34.0 Å². The Morgan fingerprint density at radius 1 is 0.360 bits per heavy atom. The van der Waals surface area contributed by atoms with Gasteiger partial charge in [0.1, 0.15) is 0 Å². The Hall–Kier alpha value is -7.39. The summed E-state index contributed by atoms with van der Waals surface area (Å²) in [5, 5.41) is 34.1. The summed E-state index contributed by atoms with van der Waals surface area (Å²) in [6.45, 7) is 0. The van der Waals surface area contributed by atoms with Crippen LogP contribution >= 0.6 is 0 Å². The molecule has 9 rings (SSSR count). The number of nitriles is 3. The second-order valence-corrected chi connectivity index (χ2v) is 12.3. The van der Waals surface area contributed by atoms with Crippen LogP contribution in [0.1, 0.15) is 16.7 Å². The largest absolute Gasteiger partial charge is 0.309 e. The summed E-state index contributed by atoms with van der Waals surface area (Å²) in [4.78, 5) is 0. The van der Waals surface area contributed by atoms with Crippen LogP contribution in [0.4, 0.5) is 0 Å². The zero-order valence-corrected chi connectivity index (χ0v) is 26.7. The fourth-order valence-electron chi connectivity index (χ4n) is 7.46. The van der Waals surface area contributed by atoms with Gasteiger partial charge in [-0.2, -0.15) is 15.8 Å². The van der Waals surface area contributed by atoms with Gasteiger partial charge in [0.05, 0.1) is 68.3 Å². The Balaban J connectivity index is 1.46. The Bertz CT molecular complexity index is 2960. The van der Waals surface area contributed by atoms with E-state index in [1.807, 2.05) is 103 Å². The van der Waals surface area contributed by atoms with Crippen LogP contribution in [-0.2, 0) is 0 Å². The van der Waals surface area contributed by atoms with E-state index in [1.165, 1.54) is 0 Å². The molecule has 0 aliphatic heterocycles. The van der Waals surface area contributed by atoms with Crippen LogP contribution < -0.4 is 0 Å². The first kappa shape index (κ1) is 28.8. The van der Waals surface area contributed by atoms with Crippen LogP contribution in [0.15, 0.2) is 152 Å². The first-order valence-electron chi connectivity index (χ1n) is 16.3. The first-order valence-corrected chi connectivity index (χ1v) is 16.3. The summed E-state index contributed by atoms with van der Waals surface area (Å²) >= 11 is 0. The maximum absolute atomic E-state index is 10.5. The molecule has 0 saturated carbocycles. The van der Waals surface area contributed by atoms with Crippen molar-refractivity contribution in [3.63, 3.8) is 0 Å².